The zero-order valence-electron chi connectivity index (χ0n) is 47.9. The van der Waals surface area contributed by atoms with E-state index in [1.807, 2.05) is 97.3 Å². The molecule has 0 saturated heterocycles. The molecule has 0 aliphatic rings. The highest BCUT2D eigenvalue weighted by Gasteiger charge is 2.24. The predicted molar refractivity (Wildman–Crippen MR) is 338 cm³/mol. The maximum absolute atomic E-state index is 12.7. The molecule has 0 aliphatic heterocycles. The van der Waals surface area contributed by atoms with Gasteiger partial charge in [0.1, 0.15) is 61.5 Å². The summed E-state index contributed by atoms with van der Waals surface area (Å²) in [5.41, 5.74) is 14.1. The van der Waals surface area contributed by atoms with Gasteiger partial charge in [-0.3, -0.25) is 40.2 Å². The monoisotopic (exact) mass is 1190 g/mol. The zero-order valence-corrected chi connectivity index (χ0v) is 49.4. The summed E-state index contributed by atoms with van der Waals surface area (Å²) in [5.74, 6) is -0.275. The second-order valence-electron chi connectivity index (χ2n) is 20.8. The lowest BCUT2D eigenvalue weighted by atomic mass is 9.92. The molecule has 18 heteroatoms. The van der Waals surface area contributed by atoms with Crippen LogP contribution >= 0.6 is 23.2 Å². The number of hydrogen-bond acceptors (Lipinski definition) is 12. The minimum Gasteiger partial charge on any atom is -0.488 e. The van der Waals surface area contributed by atoms with Crippen molar-refractivity contribution in [3.05, 3.63) is 235 Å². The van der Waals surface area contributed by atoms with Gasteiger partial charge in [-0.2, -0.15) is 0 Å². The summed E-state index contributed by atoms with van der Waals surface area (Å²) < 4.78 is 26.0. The molecule has 10 rings (SSSR count). The smallest absolute Gasteiger partial charge is 0.321 e. The summed E-state index contributed by atoms with van der Waals surface area (Å²) in [7, 11) is 3.39. The number of hydrogen-bond donors (Lipinski definition) is 6. The third-order valence-electron chi connectivity index (χ3n) is 15.0. The van der Waals surface area contributed by atoms with E-state index in [1.165, 1.54) is 0 Å². The average Bonchev–Trinajstić information content (AvgIpc) is 2.63. The molecule has 0 unspecified atom stereocenters. The van der Waals surface area contributed by atoms with Crippen molar-refractivity contribution in [3.8, 4) is 34.1 Å². The molecule has 6 aromatic carbocycles. The summed E-state index contributed by atoms with van der Waals surface area (Å²) in [4.78, 5) is 48.8. The molecule has 86 heavy (non-hydrogen) atoms. The van der Waals surface area contributed by atoms with Crippen molar-refractivity contribution < 1.29 is 38.7 Å². The van der Waals surface area contributed by atoms with Crippen LogP contribution in [0.5, 0.6) is 23.0 Å². The number of fused-ring (bicyclic) bond motifs is 2. The van der Waals surface area contributed by atoms with Gasteiger partial charge in [0.2, 0.25) is 0 Å². The number of pyridine rings is 2. The number of H-pyrrole nitrogens is 2. The molecular formula is C68H64Cl2N8O8. The molecule has 4 aromatic heterocycles. The highest BCUT2D eigenvalue weighted by molar-refractivity contribution is 6.32. The molecule has 4 heterocycles. The van der Waals surface area contributed by atoms with Gasteiger partial charge in [-0.1, -0.05) is 96.0 Å². The van der Waals surface area contributed by atoms with Crippen molar-refractivity contribution in [3.63, 3.8) is 0 Å². The fraction of sp³-hybridized carbons (Fsp3) is 0.206. The molecule has 0 bridgehead atoms. The van der Waals surface area contributed by atoms with Crippen molar-refractivity contribution in [1.29, 1.82) is 0 Å². The SMILES string of the molecule is CN=Cc1cncc(COc2cc(OCc3cccc(-c4cccc(COc5cc(OCc6cncc(C=NC)c6)c(CN[C@@H](Cc6c[nH]c7ccccc67)C(=O)O)cc5Cl)c4C)c3C)c(Cl)cc2CN[C@@H](Cc2c[nH]c3ccccc23)C(=O)O)c1. The number of aliphatic imine (C=N–C) groups is 2. The fourth-order valence-electron chi connectivity index (χ4n) is 10.4. The first-order valence-corrected chi connectivity index (χ1v) is 28.7. The van der Waals surface area contributed by atoms with E-state index in [1.54, 1.807) is 75.6 Å². The number of aromatic nitrogens is 4. The summed E-state index contributed by atoms with van der Waals surface area (Å²) in [6, 6.07) is 36.8. The number of benzene rings is 6. The van der Waals surface area contributed by atoms with Gasteiger partial charge in [0, 0.05) is 157 Å². The first kappa shape index (κ1) is 59.8. The number of halogens is 2. The molecule has 0 radical (unpaired) electrons. The Morgan fingerprint density at radius 3 is 1.36 bits per heavy atom. The molecule has 2 atom stereocenters. The van der Waals surface area contributed by atoms with Crippen molar-refractivity contribution in [1.82, 2.24) is 30.6 Å². The quantitative estimate of drug-likeness (QED) is 0.0265. The highest BCUT2D eigenvalue weighted by Crippen LogP contribution is 2.38. The van der Waals surface area contributed by atoms with Gasteiger partial charge in [-0.05, 0) is 94.8 Å². The van der Waals surface area contributed by atoms with Crippen LogP contribution in [0.2, 0.25) is 10.0 Å². The number of nitrogens with one attached hydrogen (secondary N) is 4. The molecule has 0 fully saturated rings. The Balaban J connectivity index is 0.857. The number of carboxylic acid groups (broad SMARTS) is 2. The first-order valence-electron chi connectivity index (χ1n) is 27.9. The molecule has 0 amide bonds. The molecule has 438 valence electrons. The number of carboxylic acids is 2. The van der Waals surface area contributed by atoms with Gasteiger partial charge in [-0.15, -0.1) is 0 Å². The second kappa shape index (κ2) is 28.0. The molecule has 0 spiro atoms. The van der Waals surface area contributed by atoms with Crippen molar-refractivity contribution in [2.75, 3.05) is 14.1 Å². The number of ether oxygens (including phenoxy) is 4. The summed E-state index contributed by atoms with van der Waals surface area (Å²) in [5, 5.41) is 29.8. The van der Waals surface area contributed by atoms with E-state index < -0.39 is 24.0 Å². The zero-order chi connectivity index (χ0) is 60.1. The van der Waals surface area contributed by atoms with Crippen LogP contribution in [0.15, 0.2) is 168 Å². The number of nitrogens with zero attached hydrogens (tertiary/aromatic N) is 4. The van der Waals surface area contributed by atoms with Crippen LogP contribution in [0, 0.1) is 13.8 Å². The Labute approximate surface area is 507 Å². The van der Waals surface area contributed by atoms with E-state index in [4.69, 9.17) is 42.1 Å². The third-order valence-corrected chi connectivity index (χ3v) is 15.6. The number of carbonyl (C=O) groups is 2. The van der Waals surface area contributed by atoms with Gasteiger partial charge in [0.15, 0.2) is 0 Å². The van der Waals surface area contributed by atoms with Gasteiger partial charge in [-0.25, -0.2) is 0 Å². The van der Waals surface area contributed by atoms with Gasteiger partial charge in [0.05, 0.1) is 10.0 Å². The maximum atomic E-state index is 12.7. The minimum absolute atomic E-state index is 0.140. The third kappa shape index (κ3) is 14.6. The first-order chi connectivity index (χ1) is 41.8. The number of para-hydroxylation sites is 2. The Morgan fingerprint density at radius 1 is 0.523 bits per heavy atom. The molecule has 0 aliphatic carbocycles. The van der Waals surface area contributed by atoms with Crippen molar-refractivity contribution in [2.45, 2.75) is 78.3 Å². The lowest BCUT2D eigenvalue weighted by molar-refractivity contribution is -0.140. The van der Waals surface area contributed by atoms with Crippen LogP contribution in [-0.2, 0) is 61.9 Å². The topological polar surface area (TPSA) is 218 Å². The van der Waals surface area contributed by atoms with Crippen LogP contribution in [0.3, 0.4) is 0 Å². The highest BCUT2D eigenvalue weighted by atomic mass is 35.5. The largest absolute Gasteiger partial charge is 0.488 e. The second-order valence-corrected chi connectivity index (χ2v) is 21.6. The Morgan fingerprint density at radius 2 is 0.942 bits per heavy atom. The predicted octanol–water partition coefficient (Wildman–Crippen LogP) is 13.0. The summed E-state index contributed by atoms with van der Waals surface area (Å²) in [6.07, 6.45) is 14.5. The number of aromatic amines is 2. The van der Waals surface area contributed by atoms with Gasteiger partial charge in [0.25, 0.3) is 0 Å². The van der Waals surface area contributed by atoms with E-state index in [9.17, 15) is 19.8 Å². The van der Waals surface area contributed by atoms with Gasteiger partial charge < -0.3 is 39.1 Å². The number of aliphatic carboxylic acids is 2. The summed E-state index contributed by atoms with van der Waals surface area (Å²) >= 11 is 14.0. The van der Waals surface area contributed by atoms with E-state index in [0.717, 1.165) is 88.6 Å². The molecule has 0 saturated carbocycles. The van der Waals surface area contributed by atoms with E-state index in [0.29, 0.717) is 44.2 Å². The molecular weight excluding hydrogens is 1130 g/mol. The van der Waals surface area contributed by atoms with Crippen LogP contribution in [0.1, 0.15) is 66.8 Å². The maximum Gasteiger partial charge on any atom is 0.321 e. The van der Waals surface area contributed by atoms with E-state index in [-0.39, 0.29) is 52.4 Å². The molecule has 16 nitrogen and oxygen atoms in total. The fourth-order valence-corrected chi connectivity index (χ4v) is 10.9. The van der Waals surface area contributed by atoms with Crippen LogP contribution in [0.4, 0.5) is 0 Å². The van der Waals surface area contributed by atoms with Gasteiger partial charge >= 0.3 is 11.9 Å². The Bertz CT molecular complexity index is 3860. The normalized spacial score (nSPS) is 12.3. The van der Waals surface area contributed by atoms with Crippen LogP contribution in [0.25, 0.3) is 32.9 Å². The summed E-state index contributed by atoms with van der Waals surface area (Å²) in [6.45, 7) is 5.08. The molecule has 6 N–H and O–H groups in total. The lowest BCUT2D eigenvalue weighted by Gasteiger charge is -2.20. The Kier molecular flexibility index (Phi) is 19.5. The van der Waals surface area contributed by atoms with E-state index >= 15 is 0 Å². The van der Waals surface area contributed by atoms with Crippen molar-refractivity contribution in [2.24, 2.45) is 9.98 Å². The minimum atomic E-state index is -0.988. The molecule has 10 aromatic rings. The number of rotatable bonds is 27. The van der Waals surface area contributed by atoms with Crippen LogP contribution in [-0.4, -0.2) is 80.7 Å². The average molecular weight is 1190 g/mol. The van der Waals surface area contributed by atoms with Crippen LogP contribution < -0.4 is 29.6 Å². The lowest BCUT2D eigenvalue weighted by Crippen LogP contribution is -2.38. The Hall–Kier alpha value is -9.32. The van der Waals surface area contributed by atoms with Crippen molar-refractivity contribution >= 4 is 69.4 Å². The van der Waals surface area contributed by atoms with E-state index in [2.05, 4.69) is 66.5 Å². The standard InChI is InChI=1S/C68H64Cl2N8O8/c1-41-47(39-85-65-25-63(83-37-45-19-43(27-71-3)29-73-31-45)51(21-57(65)69)35-77-61(67(79)80)23-49-33-75-59-17-7-5-13-55(49)59)11-9-15-53(41)54-16-10-12-48(42(54)2)40-86-66-26-64(84-38-46-20-44(28-72-4)30-74-32-46)52(22-58(66)70)36-78-62(68(81)82)24-50-34-76-60-18-8-6-14-56(50)60/h5-22,25-34,61-62,75-78H,23-24,35-40H2,1-4H3,(H,79,80)(H,81,82)/t61-,62-/m0/s1.